The van der Waals surface area contributed by atoms with Gasteiger partial charge >= 0.3 is 6.03 Å². The highest BCUT2D eigenvalue weighted by Gasteiger charge is 2.08. The molecule has 2 aromatic heterocycles. The van der Waals surface area contributed by atoms with Crippen LogP contribution >= 0.6 is 11.3 Å². The Balaban J connectivity index is 1.29. The van der Waals surface area contributed by atoms with Gasteiger partial charge in [-0.15, -0.1) is 11.3 Å². The fourth-order valence-corrected chi connectivity index (χ4v) is 4.39. The maximum Gasteiger partial charge on any atom is 0.319 e. The number of nitrogens with zero attached hydrogens (tertiary/aromatic N) is 2. The zero-order valence-electron chi connectivity index (χ0n) is 19.2. The Hall–Kier alpha value is -4.54. The second kappa shape index (κ2) is 10.8. The summed E-state index contributed by atoms with van der Waals surface area (Å²) in [6.07, 6.45) is 4.15. The highest BCUT2D eigenvalue weighted by Crippen LogP contribution is 2.26. The van der Waals surface area contributed by atoms with E-state index in [1.807, 2.05) is 35.8 Å². The molecule has 0 aliphatic heterocycles. The van der Waals surface area contributed by atoms with Gasteiger partial charge in [-0.25, -0.2) is 14.2 Å². The molecule has 0 aliphatic rings. The summed E-state index contributed by atoms with van der Waals surface area (Å²) in [5, 5.41) is 5.79. The maximum atomic E-state index is 13.2. The second-order valence-electron chi connectivity index (χ2n) is 8.04. The number of halogens is 1. The van der Waals surface area contributed by atoms with Gasteiger partial charge < -0.3 is 10.6 Å². The lowest BCUT2D eigenvalue weighted by Crippen LogP contribution is -2.30. The van der Waals surface area contributed by atoms with Crippen molar-refractivity contribution >= 4 is 33.3 Å². The minimum atomic E-state index is -0.307. The zero-order valence-corrected chi connectivity index (χ0v) is 20.0. The average molecular weight is 493 g/mol. The van der Waals surface area contributed by atoms with Crippen molar-refractivity contribution in [2.75, 3.05) is 11.9 Å². The van der Waals surface area contributed by atoms with Crippen LogP contribution in [0.4, 0.5) is 14.9 Å². The molecule has 2 heterocycles. The molecule has 5 nitrogen and oxygen atoms in total. The quantitative estimate of drug-likeness (QED) is 0.285. The van der Waals surface area contributed by atoms with Crippen molar-refractivity contribution in [3.63, 3.8) is 0 Å². The molecule has 36 heavy (non-hydrogen) atoms. The number of thiazole rings is 1. The third-order valence-corrected chi connectivity index (χ3v) is 6.36. The van der Waals surface area contributed by atoms with Gasteiger partial charge in [0, 0.05) is 35.8 Å². The molecule has 0 bridgehead atoms. The Morgan fingerprint density at radius 1 is 0.944 bits per heavy atom. The van der Waals surface area contributed by atoms with Crippen molar-refractivity contribution in [3.8, 4) is 23.0 Å². The number of aromatic nitrogens is 2. The van der Waals surface area contributed by atoms with E-state index in [0.717, 1.165) is 32.5 Å². The van der Waals surface area contributed by atoms with Crippen LogP contribution in [0, 0.1) is 17.7 Å². The van der Waals surface area contributed by atoms with Gasteiger partial charge in [-0.05, 0) is 83.8 Å². The number of fused-ring (bicyclic) bond motifs is 1. The SMILES string of the molecule is O=C(NCCc1ccc2scnc2c1)Nc1ccc(-c2ccncc2)c(C#Cc2ccc(F)cc2)c1. The van der Waals surface area contributed by atoms with Crippen molar-refractivity contribution in [1.29, 1.82) is 0 Å². The van der Waals surface area contributed by atoms with E-state index >= 15 is 0 Å². The van der Waals surface area contributed by atoms with Crippen LogP contribution < -0.4 is 10.6 Å². The van der Waals surface area contributed by atoms with E-state index in [9.17, 15) is 9.18 Å². The Morgan fingerprint density at radius 2 is 1.78 bits per heavy atom. The Morgan fingerprint density at radius 3 is 2.61 bits per heavy atom. The standard InChI is InChI=1S/C29H21FN4OS/c30-24-6-2-20(3-7-24)1-5-23-18-25(8-9-26(23)22-12-14-31-15-13-22)34-29(35)32-16-11-21-4-10-28-27(17-21)33-19-36-28/h2-4,6-10,12-15,17-19H,11,16H2,(H2,32,34,35). The van der Waals surface area contributed by atoms with E-state index in [-0.39, 0.29) is 11.8 Å². The van der Waals surface area contributed by atoms with Gasteiger partial charge in [0.25, 0.3) is 0 Å². The summed E-state index contributed by atoms with van der Waals surface area (Å²) in [4.78, 5) is 21.0. The van der Waals surface area contributed by atoms with E-state index in [1.54, 1.807) is 35.9 Å². The lowest BCUT2D eigenvalue weighted by atomic mass is 10.00. The number of anilines is 1. The number of benzene rings is 3. The van der Waals surface area contributed by atoms with Gasteiger partial charge in [-0.3, -0.25) is 4.98 Å². The summed E-state index contributed by atoms with van der Waals surface area (Å²) in [5.41, 5.74) is 7.86. The van der Waals surface area contributed by atoms with Crippen molar-refractivity contribution in [2.24, 2.45) is 0 Å². The summed E-state index contributed by atoms with van der Waals surface area (Å²) in [6.45, 7) is 0.494. The predicted octanol–water partition coefficient (Wildman–Crippen LogP) is 6.26. The number of amides is 2. The van der Waals surface area contributed by atoms with Crippen LogP contribution in [0.2, 0.25) is 0 Å². The summed E-state index contributed by atoms with van der Waals surface area (Å²) >= 11 is 1.61. The van der Waals surface area contributed by atoms with Gasteiger partial charge in [-0.1, -0.05) is 24.0 Å². The molecule has 3 aromatic carbocycles. The molecule has 0 unspecified atom stereocenters. The molecule has 176 valence electrons. The Kier molecular flexibility index (Phi) is 6.97. The topological polar surface area (TPSA) is 66.9 Å². The molecule has 5 aromatic rings. The molecule has 0 atom stereocenters. The first-order chi connectivity index (χ1) is 17.6. The molecule has 0 saturated heterocycles. The summed E-state index contributed by atoms with van der Waals surface area (Å²) < 4.78 is 14.4. The summed E-state index contributed by atoms with van der Waals surface area (Å²) in [6, 6.07) is 21.3. The van der Waals surface area contributed by atoms with E-state index in [2.05, 4.69) is 50.6 Å². The smallest absolute Gasteiger partial charge is 0.319 e. The molecule has 2 N–H and O–H groups in total. The van der Waals surface area contributed by atoms with Gasteiger partial charge in [0.15, 0.2) is 0 Å². The maximum absolute atomic E-state index is 13.2. The van der Waals surface area contributed by atoms with E-state index in [4.69, 9.17) is 0 Å². The van der Waals surface area contributed by atoms with Crippen molar-refractivity contribution in [2.45, 2.75) is 6.42 Å². The minimum absolute atomic E-state index is 0.293. The molecule has 0 radical (unpaired) electrons. The number of pyridine rings is 1. The lowest BCUT2D eigenvalue weighted by Gasteiger charge is -2.11. The number of urea groups is 1. The number of hydrogen-bond donors (Lipinski definition) is 2. The van der Waals surface area contributed by atoms with Crippen LogP contribution in [0.1, 0.15) is 16.7 Å². The Bertz CT molecular complexity index is 1570. The fraction of sp³-hybridized carbons (Fsp3) is 0.0690. The molecule has 2 amide bonds. The summed E-state index contributed by atoms with van der Waals surface area (Å²) in [7, 11) is 0. The van der Waals surface area contributed by atoms with E-state index < -0.39 is 0 Å². The zero-order chi connectivity index (χ0) is 24.7. The summed E-state index contributed by atoms with van der Waals surface area (Å²) in [5.74, 6) is 5.94. The van der Waals surface area contributed by atoms with Crippen LogP contribution in [-0.4, -0.2) is 22.5 Å². The average Bonchev–Trinajstić information content (AvgIpc) is 3.37. The van der Waals surface area contributed by atoms with Crippen LogP contribution in [0.5, 0.6) is 0 Å². The highest BCUT2D eigenvalue weighted by molar-refractivity contribution is 7.16. The van der Waals surface area contributed by atoms with Gasteiger partial charge in [0.2, 0.25) is 0 Å². The normalized spacial score (nSPS) is 10.5. The number of nitrogens with one attached hydrogen (secondary N) is 2. The monoisotopic (exact) mass is 492 g/mol. The van der Waals surface area contributed by atoms with Crippen LogP contribution in [0.3, 0.4) is 0 Å². The first-order valence-electron chi connectivity index (χ1n) is 11.3. The van der Waals surface area contributed by atoms with E-state index in [1.165, 1.54) is 12.1 Å². The molecule has 0 aliphatic carbocycles. The molecule has 7 heteroatoms. The third-order valence-electron chi connectivity index (χ3n) is 5.55. The largest absolute Gasteiger partial charge is 0.338 e. The lowest BCUT2D eigenvalue weighted by molar-refractivity contribution is 0.252. The predicted molar refractivity (Wildman–Crippen MR) is 142 cm³/mol. The second-order valence-corrected chi connectivity index (χ2v) is 8.92. The molecular weight excluding hydrogens is 471 g/mol. The number of carbonyl (C=O) groups excluding carboxylic acids is 1. The number of rotatable bonds is 5. The van der Waals surface area contributed by atoms with Crippen molar-refractivity contribution < 1.29 is 9.18 Å². The molecule has 0 spiro atoms. The Labute approximate surface area is 212 Å². The van der Waals surface area contributed by atoms with Crippen molar-refractivity contribution in [1.82, 2.24) is 15.3 Å². The van der Waals surface area contributed by atoms with Crippen LogP contribution in [-0.2, 0) is 6.42 Å². The molecule has 0 saturated carbocycles. The first-order valence-corrected chi connectivity index (χ1v) is 12.2. The van der Waals surface area contributed by atoms with Crippen LogP contribution in [0.15, 0.2) is 90.7 Å². The molecule has 0 fully saturated rings. The highest BCUT2D eigenvalue weighted by atomic mass is 32.1. The van der Waals surface area contributed by atoms with E-state index in [0.29, 0.717) is 24.2 Å². The van der Waals surface area contributed by atoms with Gasteiger partial charge in [0.05, 0.1) is 15.7 Å². The molecule has 5 rings (SSSR count). The van der Waals surface area contributed by atoms with Crippen molar-refractivity contribution in [3.05, 3.63) is 113 Å². The first kappa shape index (κ1) is 23.2. The van der Waals surface area contributed by atoms with Gasteiger partial charge in [0.1, 0.15) is 5.82 Å². The fourth-order valence-electron chi connectivity index (χ4n) is 3.74. The number of hydrogen-bond acceptors (Lipinski definition) is 4. The van der Waals surface area contributed by atoms with Gasteiger partial charge in [-0.2, -0.15) is 0 Å². The number of carbonyl (C=O) groups is 1. The third kappa shape index (κ3) is 5.74. The minimum Gasteiger partial charge on any atom is -0.338 e. The molecular formula is C29H21FN4OS. The van der Waals surface area contributed by atoms with Crippen LogP contribution in [0.25, 0.3) is 21.3 Å².